The summed E-state index contributed by atoms with van der Waals surface area (Å²) in [5.41, 5.74) is 2.57. The molecule has 33 heavy (non-hydrogen) atoms. The van der Waals surface area contributed by atoms with Crippen LogP contribution in [0.2, 0.25) is 0 Å². The maximum absolute atomic E-state index is 12.5. The van der Waals surface area contributed by atoms with Crippen molar-refractivity contribution in [3.8, 4) is 11.4 Å². The first kappa shape index (κ1) is 16.9. The van der Waals surface area contributed by atoms with Crippen LogP contribution in [0.3, 0.4) is 0 Å². The third kappa shape index (κ3) is 3.56. The van der Waals surface area contributed by atoms with Crippen molar-refractivity contribution in [2.75, 3.05) is 30.8 Å². The van der Waals surface area contributed by atoms with Gasteiger partial charge in [-0.05, 0) is 36.5 Å². The average Bonchev–Trinajstić information content (AvgIpc) is 3.22. The van der Waals surface area contributed by atoms with Crippen LogP contribution in [0.15, 0.2) is 30.6 Å². The number of carbonyl (C=O) groups is 1. The lowest BCUT2D eigenvalue weighted by molar-refractivity contribution is -0.117. The monoisotopic (exact) mass is 447 g/mol. The second kappa shape index (κ2) is 7.73. The summed E-state index contributed by atoms with van der Waals surface area (Å²) in [6, 6.07) is 5.60. The second-order valence-electron chi connectivity index (χ2n) is 8.71. The molecule has 2 aliphatic rings. The molecule has 1 saturated heterocycles. The molecule has 168 valence electrons. The summed E-state index contributed by atoms with van der Waals surface area (Å²) in [6.45, 7) is 0.985. The van der Waals surface area contributed by atoms with E-state index in [9.17, 15) is 4.79 Å². The van der Waals surface area contributed by atoms with Gasteiger partial charge in [-0.25, -0.2) is 14.5 Å². The Morgan fingerprint density at radius 1 is 1.33 bits per heavy atom. The standard InChI is InChI=1S/C23H24N8O2/c1-12-7-15(12)23(32)26-18-8-16-17(9-25-22(24-2)20(16)29-28-18)21-27-19-4-3-13(10-31(19)30-21)14-5-6-33-11-14/h3-4,8-10,12,14-15H,5-7,11H2,1-2H3,(H,24,25)(H,26,28,32)/t12-,14-,15+/m1/s1/i2D3. The molecule has 2 fully saturated rings. The molecule has 10 heteroatoms. The molecule has 1 aliphatic heterocycles. The van der Waals surface area contributed by atoms with Crippen LogP contribution in [0.4, 0.5) is 11.6 Å². The number of aromatic nitrogens is 6. The molecule has 1 amide bonds. The molecule has 5 heterocycles. The number of carbonyl (C=O) groups excluding carboxylic acids is 1. The molecule has 0 aromatic carbocycles. The van der Waals surface area contributed by atoms with Crippen LogP contribution in [-0.2, 0) is 9.53 Å². The lowest BCUT2D eigenvalue weighted by Gasteiger charge is -2.09. The molecular weight excluding hydrogens is 420 g/mol. The number of ether oxygens (including phenoxy) is 1. The molecule has 0 radical (unpaired) electrons. The van der Waals surface area contributed by atoms with E-state index in [1.165, 1.54) is 6.20 Å². The minimum atomic E-state index is -2.47. The first-order valence-corrected chi connectivity index (χ1v) is 10.9. The van der Waals surface area contributed by atoms with Crippen molar-refractivity contribution in [2.24, 2.45) is 11.8 Å². The zero-order valence-electron chi connectivity index (χ0n) is 20.9. The van der Waals surface area contributed by atoms with E-state index >= 15 is 0 Å². The number of hydrogen-bond acceptors (Lipinski definition) is 8. The fraction of sp³-hybridized carbons (Fsp3) is 0.391. The molecule has 4 aromatic heterocycles. The lowest BCUT2D eigenvalue weighted by atomic mass is 10.0. The molecule has 0 spiro atoms. The van der Waals surface area contributed by atoms with Gasteiger partial charge in [0.2, 0.25) is 5.91 Å². The Kier molecular flexibility index (Phi) is 3.96. The Hall–Kier alpha value is -3.66. The zero-order chi connectivity index (χ0) is 25.0. The van der Waals surface area contributed by atoms with Crippen LogP contribution >= 0.6 is 0 Å². The van der Waals surface area contributed by atoms with Crippen molar-refractivity contribution in [3.05, 3.63) is 36.2 Å². The third-order valence-electron chi connectivity index (χ3n) is 6.44. The predicted octanol–water partition coefficient (Wildman–Crippen LogP) is 2.87. The van der Waals surface area contributed by atoms with Crippen molar-refractivity contribution < 1.29 is 13.6 Å². The summed E-state index contributed by atoms with van der Waals surface area (Å²) in [5.74, 6) is 1.25. The van der Waals surface area contributed by atoms with E-state index in [0.29, 0.717) is 40.9 Å². The van der Waals surface area contributed by atoms with E-state index < -0.39 is 6.98 Å². The van der Waals surface area contributed by atoms with E-state index in [-0.39, 0.29) is 29.0 Å². The molecule has 0 unspecified atom stereocenters. The normalized spacial score (nSPS) is 23.8. The number of fused-ring (bicyclic) bond motifs is 2. The Balaban J connectivity index is 1.43. The SMILES string of the molecule is [2H]C([2H])([2H])Nc1ncc(-c2nc3ccc([C@@H]4CCOC4)cn3n2)c2cc(NC(=O)[C@H]3C[C@H]3C)nnc12. The van der Waals surface area contributed by atoms with Crippen molar-refractivity contribution in [3.63, 3.8) is 0 Å². The highest BCUT2D eigenvalue weighted by atomic mass is 16.5. The summed E-state index contributed by atoms with van der Waals surface area (Å²) < 4.78 is 30.0. The van der Waals surface area contributed by atoms with Gasteiger partial charge in [0.1, 0.15) is 5.52 Å². The molecule has 3 atom stereocenters. The van der Waals surface area contributed by atoms with Gasteiger partial charge in [-0.3, -0.25) is 4.79 Å². The van der Waals surface area contributed by atoms with Crippen LogP contribution in [0, 0.1) is 11.8 Å². The number of nitrogens with one attached hydrogen (secondary N) is 2. The molecule has 6 rings (SSSR count). The lowest BCUT2D eigenvalue weighted by Crippen LogP contribution is -2.16. The van der Waals surface area contributed by atoms with Gasteiger partial charge in [0.25, 0.3) is 0 Å². The van der Waals surface area contributed by atoms with E-state index in [0.717, 1.165) is 25.0 Å². The van der Waals surface area contributed by atoms with E-state index in [1.807, 2.05) is 25.3 Å². The van der Waals surface area contributed by atoms with Gasteiger partial charge in [0.15, 0.2) is 23.1 Å². The van der Waals surface area contributed by atoms with E-state index in [1.54, 1.807) is 10.6 Å². The van der Waals surface area contributed by atoms with E-state index in [2.05, 4.69) is 35.9 Å². The summed E-state index contributed by atoms with van der Waals surface area (Å²) in [4.78, 5) is 21.4. The van der Waals surface area contributed by atoms with Crippen molar-refractivity contribution >= 4 is 34.1 Å². The minimum Gasteiger partial charge on any atom is -0.381 e. The Labute approximate surface area is 194 Å². The topological polar surface area (TPSA) is 119 Å². The molecule has 0 bridgehead atoms. The Morgan fingerprint density at radius 3 is 3.03 bits per heavy atom. The van der Waals surface area contributed by atoms with Crippen molar-refractivity contribution in [1.29, 1.82) is 0 Å². The average molecular weight is 448 g/mol. The number of nitrogens with zero attached hydrogens (tertiary/aromatic N) is 6. The van der Waals surface area contributed by atoms with Crippen molar-refractivity contribution in [2.45, 2.75) is 25.7 Å². The van der Waals surface area contributed by atoms with Gasteiger partial charge in [-0.15, -0.1) is 15.3 Å². The highest BCUT2D eigenvalue weighted by molar-refractivity contribution is 6.01. The summed E-state index contributed by atoms with van der Waals surface area (Å²) in [7, 11) is 0. The highest BCUT2D eigenvalue weighted by Crippen LogP contribution is 2.38. The Morgan fingerprint density at radius 2 is 2.24 bits per heavy atom. The molecule has 2 N–H and O–H groups in total. The number of rotatable bonds is 5. The van der Waals surface area contributed by atoms with Gasteiger partial charge < -0.3 is 15.4 Å². The summed E-state index contributed by atoms with van der Waals surface area (Å²) in [6.07, 6.45) is 5.27. The molecule has 1 aliphatic carbocycles. The largest absolute Gasteiger partial charge is 0.381 e. The molecular formula is C23H24N8O2. The van der Waals surface area contributed by atoms with Crippen LogP contribution < -0.4 is 10.6 Å². The minimum absolute atomic E-state index is 0.0354. The maximum atomic E-state index is 12.5. The first-order chi connectivity index (χ1) is 17.2. The number of amides is 1. The van der Waals surface area contributed by atoms with Crippen LogP contribution in [0.5, 0.6) is 0 Å². The van der Waals surface area contributed by atoms with Crippen LogP contribution in [0.1, 0.15) is 35.4 Å². The van der Waals surface area contributed by atoms with Crippen LogP contribution in [0.25, 0.3) is 27.9 Å². The van der Waals surface area contributed by atoms with Gasteiger partial charge in [-0.1, -0.05) is 13.0 Å². The zero-order valence-corrected chi connectivity index (χ0v) is 17.9. The Bertz CT molecular complexity index is 1480. The quantitative estimate of drug-likeness (QED) is 0.479. The second-order valence-corrected chi connectivity index (χ2v) is 8.71. The first-order valence-electron chi connectivity index (χ1n) is 12.4. The van der Waals surface area contributed by atoms with Crippen LogP contribution in [-0.4, -0.2) is 55.9 Å². The fourth-order valence-corrected chi connectivity index (χ4v) is 4.32. The number of pyridine rings is 2. The van der Waals surface area contributed by atoms with Gasteiger partial charge >= 0.3 is 0 Å². The fourth-order valence-electron chi connectivity index (χ4n) is 4.32. The number of anilines is 2. The summed E-state index contributed by atoms with van der Waals surface area (Å²) >= 11 is 0. The highest BCUT2D eigenvalue weighted by Gasteiger charge is 2.39. The van der Waals surface area contributed by atoms with Gasteiger partial charge in [0, 0.05) is 52.9 Å². The third-order valence-corrected chi connectivity index (χ3v) is 6.44. The molecule has 1 saturated carbocycles. The summed E-state index contributed by atoms with van der Waals surface area (Å²) in [5, 5.41) is 18.7. The molecule has 4 aromatic rings. The van der Waals surface area contributed by atoms with Gasteiger partial charge in [0.05, 0.1) is 6.61 Å². The predicted molar refractivity (Wildman–Crippen MR) is 123 cm³/mol. The number of hydrogen-bond donors (Lipinski definition) is 2. The smallest absolute Gasteiger partial charge is 0.228 e. The van der Waals surface area contributed by atoms with Crippen molar-refractivity contribution in [1.82, 2.24) is 29.8 Å². The molecule has 10 nitrogen and oxygen atoms in total. The van der Waals surface area contributed by atoms with E-state index in [4.69, 9.17) is 8.85 Å². The van der Waals surface area contributed by atoms with Gasteiger partial charge in [-0.2, -0.15) is 0 Å². The maximum Gasteiger partial charge on any atom is 0.228 e.